The molecule has 2 aliphatic rings. The van der Waals surface area contributed by atoms with E-state index >= 15 is 0 Å². The highest BCUT2D eigenvalue weighted by Crippen LogP contribution is 2.42. The van der Waals surface area contributed by atoms with Gasteiger partial charge in [-0.1, -0.05) is 18.5 Å². The van der Waals surface area contributed by atoms with Gasteiger partial charge in [-0.25, -0.2) is 0 Å². The molecule has 1 heterocycles. The summed E-state index contributed by atoms with van der Waals surface area (Å²) in [5.74, 6) is 1.77. The molecule has 0 spiro atoms. The van der Waals surface area contributed by atoms with Crippen LogP contribution in [0.15, 0.2) is 4.52 Å². The smallest absolute Gasteiger partial charge is 0.237 e. The van der Waals surface area contributed by atoms with Gasteiger partial charge >= 0.3 is 0 Å². The first-order valence-corrected chi connectivity index (χ1v) is 8.15. The van der Waals surface area contributed by atoms with E-state index in [2.05, 4.69) is 17.1 Å². The van der Waals surface area contributed by atoms with Crippen LogP contribution in [0.1, 0.15) is 76.4 Å². The Hall–Kier alpha value is -1.23. The van der Waals surface area contributed by atoms with Crippen molar-refractivity contribution < 1.29 is 14.1 Å². The SMILES string of the molecule is CCOC1(c2noc(C3CCCC3=O)n2)CCCC(C)C1. The number of carbonyl (C=O) groups excluding carboxylic acids is 1. The highest BCUT2D eigenvalue weighted by molar-refractivity contribution is 5.86. The van der Waals surface area contributed by atoms with E-state index in [0.717, 1.165) is 32.1 Å². The topological polar surface area (TPSA) is 65.2 Å². The first kappa shape index (κ1) is 14.7. The summed E-state index contributed by atoms with van der Waals surface area (Å²) in [7, 11) is 0. The molecular formula is C16H24N2O3. The van der Waals surface area contributed by atoms with Crippen LogP contribution in [0.2, 0.25) is 0 Å². The Kier molecular flexibility index (Phi) is 4.11. The number of carbonyl (C=O) groups is 1. The van der Waals surface area contributed by atoms with Gasteiger partial charge in [-0.2, -0.15) is 4.98 Å². The van der Waals surface area contributed by atoms with Crippen LogP contribution in [0, 0.1) is 5.92 Å². The lowest BCUT2D eigenvalue weighted by atomic mass is 9.78. The van der Waals surface area contributed by atoms with Gasteiger partial charge in [-0.05, 0) is 44.9 Å². The highest BCUT2D eigenvalue weighted by Gasteiger charge is 2.42. The molecule has 21 heavy (non-hydrogen) atoms. The third kappa shape index (κ3) is 2.76. The van der Waals surface area contributed by atoms with E-state index < -0.39 is 5.60 Å². The summed E-state index contributed by atoms with van der Waals surface area (Å²) < 4.78 is 11.5. The van der Waals surface area contributed by atoms with Crippen molar-refractivity contribution in [1.29, 1.82) is 0 Å². The van der Waals surface area contributed by atoms with E-state index in [-0.39, 0.29) is 11.7 Å². The molecule has 0 bridgehead atoms. The molecule has 5 nitrogen and oxygen atoms in total. The second-order valence-corrected chi connectivity index (χ2v) is 6.50. The van der Waals surface area contributed by atoms with E-state index in [1.165, 1.54) is 6.42 Å². The van der Waals surface area contributed by atoms with Gasteiger partial charge < -0.3 is 9.26 Å². The Balaban J connectivity index is 1.86. The quantitative estimate of drug-likeness (QED) is 0.851. The first-order valence-electron chi connectivity index (χ1n) is 8.15. The Morgan fingerprint density at radius 1 is 1.38 bits per heavy atom. The Labute approximate surface area is 125 Å². The van der Waals surface area contributed by atoms with Crippen molar-refractivity contribution in [3.05, 3.63) is 11.7 Å². The molecule has 0 aliphatic heterocycles. The van der Waals surface area contributed by atoms with E-state index in [0.29, 0.717) is 30.7 Å². The van der Waals surface area contributed by atoms with Crippen molar-refractivity contribution in [3.8, 4) is 0 Å². The highest BCUT2D eigenvalue weighted by atomic mass is 16.5. The lowest BCUT2D eigenvalue weighted by Gasteiger charge is -2.37. The molecule has 3 rings (SSSR count). The fraction of sp³-hybridized carbons (Fsp3) is 0.812. The fourth-order valence-corrected chi connectivity index (χ4v) is 3.82. The van der Waals surface area contributed by atoms with Gasteiger partial charge in [-0.15, -0.1) is 0 Å². The molecule has 2 fully saturated rings. The van der Waals surface area contributed by atoms with E-state index in [4.69, 9.17) is 9.26 Å². The van der Waals surface area contributed by atoms with Crippen molar-refractivity contribution in [3.63, 3.8) is 0 Å². The maximum atomic E-state index is 11.9. The molecule has 2 saturated carbocycles. The van der Waals surface area contributed by atoms with Crippen LogP contribution >= 0.6 is 0 Å². The molecule has 1 aromatic heterocycles. The van der Waals surface area contributed by atoms with Crippen LogP contribution in [-0.4, -0.2) is 22.5 Å². The summed E-state index contributed by atoms with van der Waals surface area (Å²) in [6, 6.07) is 0. The van der Waals surface area contributed by atoms with Crippen LogP contribution in [0.4, 0.5) is 0 Å². The predicted octanol–water partition coefficient (Wildman–Crippen LogP) is 3.35. The van der Waals surface area contributed by atoms with Gasteiger partial charge in [-0.3, -0.25) is 4.79 Å². The Bertz CT molecular complexity index is 509. The third-order valence-corrected chi connectivity index (χ3v) is 4.83. The summed E-state index contributed by atoms with van der Waals surface area (Å²) in [5, 5.41) is 4.18. The molecule has 3 unspecified atom stereocenters. The summed E-state index contributed by atoms with van der Waals surface area (Å²) in [6.07, 6.45) is 6.60. The number of rotatable bonds is 4. The zero-order valence-corrected chi connectivity index (χ0v) is 12.9. The zero-order valence-electron chi connectivity index (χ0n) is 12.9. The maximum absolute atomic E-state index is 11.9. The zero-order chi connectivity index (χ0) is 14.9. The van der Waals surface area contributed by atoms with Crippen LogP contribution < -0.4 is 0 Å². The van der Waals surface area contributed by atoms with E-state index in [9.17, 15) is 4.79 Å². The minimum atomic E-state index is -0.421. The van der Waals surface area contributed by atoms with Crippen LogP contribution in [0.3, 0.4) is 0 Å². The van der Waals surface area contributed by atoms with Gasteiger partial charge in [0.1, 0.15) is 11.4 Å². The number of aromatic nitrogens is 2. The average molecular weight is 292 g/mol. The second kappa shape index (κ2) is 5.87. The molecule has 5 heteroatoms. The van der Waals surface area contributed by atoms with Gasteiger partial charge in [0.25, 0.3) is 0 Å². The maximum Gasteiger partial charge on any atom is 0.237 e. The summed E-state index contributed by atoms with van der Waals surface area (Å²) in [4.78, 5) is 16.4. The van der Waals surface area contributed by atoms with Crippen LogP contribution in [0.5, 0.6) is 0 Å². The second-order valence-electron chi connectivity index (χ2n) is 6.50. The van der Waals surface area contributed by atoms with Crippen molar-refractivity contribution in [2.75, 3.05) is 6.61 Å². The Morgan fingerprint density at radius 2 is 2.24 bits per heavy atom. The number of ketones is 1. The van der Waals surface area contributed by atoms with Crippen molar-refractivity contribution in [2.45, 2.75) is 70.3 Å². The minimum Gasteiger partial charge on any atom is -0.367 e. The number of nitrogens with zero attached hydrogens (tertiary/aromatic N) is 2. The van der Waals surface area contributed by atoms with Crippen molar-refractivity contribution >= 4 is 5.78 Å². The van der Waals surface area contributed by atoms with Gasteiger partial charge in [0.15, 0.2) is 0 Å². The van der Waals surface area contributed by atoms with Gasteiger partial charge in [0.2, 0.25) is 11.7 Å². The van der Waals surface area contributed by atoms with E-state index in [1.54, 1.807) is 0 Å². The number of hydrogen-bond donors (Lipinski definition) is 0. The molecule has 3 atom stereocenters. The fourth-order valence-electron chi connectivity index (χ4n) is 3.82. The lowest BCUT2D eigenvalue weighted by Crippen LogP contribution is -2.36. The first-order chi connectivity index (χ1) is 10.1. The van der Waals surface area contributed by atoms with Gasteiger partial charge in [0, 0.05) is 13.0 Å². The Morgan fingerprint density at radius 3 is 2.90 bits per heavy atom. The molecule has 1 aromatic rings. The summed E-state index contributed by atoms with van der Waals surface area (Å²) in [6.45, 7) is 4.88. The largest absolute Gasteiger partial charge is 0.367 e. The van der Waals surface area contributed by atoms with Crippen LogP contribution in [0.25, 0.3) is 0 Å². The molecule has 0 aromatic carbocycles. The normalized spacial score (nSPS) is 33.5. The number of Topliss-reactive ketones (excluding diaryl/α,β-unsaturated/α-hetero) is 1. The molecular weight excluding hydrogens is 268 g/mol. The monoisotopic (exact) mass is 292 g/mol. The predicted molar refractivity (Wildman–Crippen MR) is 76.8 cm³/mol. The van der Waals surface area contributed by atoms with Crippen molar-refractivity contribution in [2.24, 2.45) is 5.92 Å². The van der Waals surface area contributed by atoms with Crippen molar-refractivity contribution in [1.82, 2.24) is 10.1 Å². The molecule has 0 amide bonds. The standard InChI is InChI=1S/C16H24N2O3/c1-3-20-16(9-5-6-11(2)10-16)15-17-14(21-18-15)12-7-4-8-13(12)19/h11-12H,3-10H2,1-2H3. The van der Waals surface area contributed by atoms with E-state index in [1.807, 2.05) is 6.92 Å². The minimum absolute atomic E-state index is 0.189. The number of ether oxygens (including phenoxy) is 1. The summed E-state index contributed by atoms with van der Waals surface area (Å²) >= 11 is 0. The molecule has 116 valence electrons. The number of hydrogen-bond acceptors (Lipinski definition) is 5. The van der Waals surface area contributed by atoms with Crippen LogP contribution in [-0.2, 0) is 15.1 Å². The molecule has 2 aliphatic carbocycles. The van der Waals surface area contributed by atoms with Gasteiger partial charge in [0.05, 0.1) is 5.92 Å². The summed E-state index contributed by atoms with van der Waals surface area (Å²) in [5.41, 5.74) is -0.421. The lowest BCUT2D eigenvalue weighted by molar-refractivity contribution is -0.119. The molecule has 0 saturated heterocycles. The molecule has 0 N–H and O–H groups in total. The molecule has 0 radical (unpaired) electrons. The average Bonchev–Trinajstić information content (AvgIpc) is 3.07. The third-order valence-electron chi connectivity index (χ3n) is 4.83.